The molecule has 5 aromatic carbocycles. The molecule has 0 aliphatic rings. The summed E-state index contributed by atoms with van der Waals surface area (Å²) in [4.78, 5) is 5.39. The molecule has 0 amide bonds. The monoisotopic (exact) mass is 566 g/mol. The number of hydrogen-bond acceptors (Lipinski definition) is 2. The maximum atomic E-state index is 6.48. The fraction of sp³-hybridized carbons (Fsp3) is 0.0250. The summed E-state index contributed by atoms with van der Waals surface area (Å²) in [5.41, 5.74) is 17.0. The van der Waals surface area contributed by atoms with Crippen LogP contribution in [0.3, 0.4) is 0 Å². The van der Waals surface area contributed by atoms with E-state index in [1.54, 1.807) is 0 Å². The van der Waals surface area contributed by atoms with E-state index in [4.69, 9.17) is 10.7 Å². The number of allylic oxidation sites excluding steroid dienone is 3. The first kappa shape index (κ1) is 25.8. The van der Waals surface area contributed by atoms with Gasteiger partial charge in [0.05, 0.1) is 22.1 Å². The summed E-state index contributed by atoms with van der Waals surface area (Å²) in [5, 5.41) is 3.44. The lowest BCUT2D eigenvalue weighted by atomic mass is 10.1. The SMILES string of the molecule is N/C(=C\C=C/Cc1ccccc1)c1ccc(-n2c3ccccc3c3cc4c(nc32)c2ccccc2n4-c2ccccc2)cc1. The van der Waals surface area contributed by atoms with Crippen LogP contribution in [0.2, 0.25) is 0 Å². The van der Waals surface area contributed by atoms with Crippen LogP contribution >= 0.6 is 0 Å². The molecule has 0 aliphatic heterocycles. The van der Waals surface area contributed by atoms with Crippen molar-refractivity contribution >= 4 is 49.6 Å². The van der Waals surface area contributed by atoms with Gasteiger partial charge in [0.15, 0.2) is 0 Å². The molecule has 0 aliphatic carbocycles. The van der Waals surface area contributed by atoms with Crippen LogP contribution in [0.4, 0.5) is 0 Å². The number of benzene rings is 5. The van der Waals surface area contributed by atoms with Crippen molar-refractivity contribution in [1.29, 1.82) is 0 Å². The summed E-state index contributed by atoms with van der Waals surface area (Å²) in [6.45, 7) is 0. The van der Waals surface area contributed by atoms with Crippen molar-refractivity contribution in [2.45, 2.75) is 6.42 Å². The second-order valence-corrected chi connectivity index (χ2v) is 11.1. The molecule has 0 radical (unpaired) electrons. The van der Waals surface area contributed by atoms with E-state index in [1.165, 1.54) is 10.9 Å². The quantitative estimate of drug-likeness (QED) is 0.204. The molecule has 0 unspecified atom stereocenters. The van der Waals surface area contributed by atoms with Crippen molar-refractivity contribution in [3.05, 3.63) is 169 Å². The number of aromatic nitrogens is 3. The molecule has 0 atom stereocenters. The van der Waals surface area contributed by atoms with Gasteiger partial charge in [0.25, 0.3) is 0 Å². The standard InChI is InChI=1S/C40H30N4/c41-35(20-10-7-15-28-13-3-1-4-14-28)29-23-25-31(26-24-29)44-36-21-11-8-18-32(36)34-27-38-39(42-40(34)44)33-19-9-12-22-37(33)43(38)30-16-5-2-6-17-30/h1-14,16-27H,15,41H2/b10-7-,35-20-. The fourth-order valence-corrected chi connectivity index (χ4v) is 6.25. The maximum absolute atomic E-state index is 6.48. The molecule has 4 nitrogen and oxygen atoms in total. The predicted molar refractivity (Wildman–Crippen MR) is 184 cm³/mol. The average molecular weight is 567 g/mol. The summed E-state index contributed by atoms with van der Waals surface area (Å²) in [6.07, 6.45) is 7.01. The summed E-state index contributed by atoms with van der Waals surface area (Å²) < 4.78 is 4.59. The van der Waals surface area contributed by atoms with E-state index in [0.29, 0.717) is 0 Å². The lowest BCUT2D eigenvalue weighted by Gasteiger charge is -2.09. The summed E-state index contributed by atoms with van der Waals surface area (Å²) >= 11 is 0. The molecule has 8 rings (SSSR count). The van der Waals surface area contributed by atoms with Crippen molar-refractivity contribution in [3.8, 4) is 11.4 Å². The zero-order valence-electron chi connectivity index (χ0n) is 24.1. The number of para-hydroxylation sites is 3. The second kappa shape index (κ2) is 10.8. The average Bonchev–Trinajstić information content (AvgIpc) is 3.58. The van der Waals surface area contributed by atoms with Crippen molar-refractivity contribution in [3.63, 3.8) is 0 Å². The predicted octanol–water partition coefficient (Wildman–Crippen LogP) is 9.37. The highest BCUT2D eigenvalue weighted by atomic mass is 15.1. The summed E-state index contributed by atoms with van der Waals surface area (Å²) in [6, 6.07) is 48.8. The Hall–Kier alpha value is -5.87. The first-order valence-corrected chi connectivity index (χ1v) is 14.9. The smallest absolute Gasteiger partial charge is 0.146 e. The lowest BCUT2D eigenvalue weighted by Crippen LogP contribution is -1.99. The molecule has 0 spiro atoms. The Bertz CT molecular complexity index is 2340. The molecule has 3 aromatic heterocycles. The molecule has 3 heterocycles. The largest absolute Gasteiger partial charge is 0.398 e. The fourth-order valence-electron chi connectivity index (χ4n) is 6.25. The number of nitrogens with zero attached hydrogens (tertiary/aromatic N) is 3. The van der Waals surface area contributed by atoms with Gasteiger partial charge in [-0.25, -0.2) is 4.98 Å². The Morgan fingerprint density at radius 2 is 1.20 bits per heavy atom. The van der Waals surface area contributed by atoms with E-state index in [1.807, 2.05) is 18.2 Å². The molecular weight excluding hydrogens is 536 g/mol. The van der Waals surface area contributed by atoms with Gasteiger partial charge in [0.2, 0.25) is 0 Å². The highest BCUT2D eigenvalue weighted by molar-refractivity contribution is 6.15. The zero-order valence-corrected chi connectivity index (χ0v) is 24.1. The highest BCUT2D eigenvalue weighted by Gasteiger charge is 2.19. The third-order valence-corrected chi connectivity index (χ3v) is 8.35. The van der Waals surface area contributed by atoms with E-state index in [2.05, 4.69) is 149 Å². The number of hydrogen-bond donors (Lipinski definition) is 1. The van der Waals surface area contributed by atoms with Crippen LogP contribution in [-0.2, 0) is 6.42 Å². The molecule has 210 valence electrons. The van der Waals surface area contributed by atoms with Gasteiger partial charge in [-0.3, -0.25) is 4.57 Å². The Kier molecular flexibility index (Phi) is 6.31. The Morgan fingerprint density at radius 1 is 0.591 bits per heavy atom. The Morgan fingerprint density at radius 3 is 1.95 bits per heavy atom. The van der Waals surface area contributed by atoms with E-state index in [0.717, 1.165) is 67.5 Å². The van der Waals surface area contributed by atoms with Crippen LogP contribution in [0, 0.1) is 0 Å². The van der Waals surface area contributed by atoms with Crippen molar-refractivity contribution < 1.29 is 0 Å². The van der Waals surface area contributed by atoms with Crippen LogP contribution in [0.15, 0.2) is 158 Å². The molecule has 44 heavy (non-hydrogen) atoms. The Balaban J connectivity index is 1.24. The van der Waals surface area contributed by atoms with E-state index >= 15 is 0 Å². The number of fused-ring (bicyclic) bond motifs is 6. The van der Waals surface area contributed by atoms with Gasteiger partial charge in [-0.15, -0.1) is 0 Å². The van der Waals surface area contributed by atoms with Crippen LogP contribution < -0.4 is 5.73 Å². The summed E-state index contributed by atoms with van der Waals surface area (Å²) in [5.74, 6) is 0. The maximum Gasteiger partial charge on any atom is 0.146 e. The topological polar surface area (TPSA) is 48.8 Å². The van der Waals surface area contributed by atoms with Crippen LogP contribution in [0.1, 0.15) is 11.1 Å². The molecule has 4 heteroatoms. The first-order chi connectivity index (χ1) is 21.8. The summed E-state index contributed by atoms with van der Waals surface area (Å²) in [7, 11) is 0. The minimum Gasteiger partial charge on any atom is -0.398 e. The van der Waals surface area contributed by atoms with Gasteiger partial charge in [-0.05, 0) is 66.1 Å². The van der Waals surface area contributed by atoms with Gasteiger partial charge in [0, 0.05) is 33.2 Å². The normalized spacial score (nSPS) is 12.3. The first-order valence-electron chi connectivity index (χ1n) is 14.9. The molecule has 0 bridgehead atoms. The van der Waals surface area contributed by atoms with Crippen molar-refractivity contribution in [2.24, 2.45) is 5.73 Å². The van der Waals surface area contributed by atoms with Gasteiger partial charge in [-0.1, -0.05) is 109 Å². The minimum absolute atomic E-state index is 0.733. The zero-order chi connectivity index (χ0) is 29.5. The molecule has 2 N–H and O–H groups in total. The Labute approximate surface area is 255 Å². The lowest BCUT2D eigenvalue weighted by molar-refractivity contribution is 1.14. The van der Waals surface area contributed by atoms with Gasteiger partial charge < -0.3 is 10.3 Å². The number of nitrogens with two attached hydrogens (primary N) is 1. The third kappa shape index (κ3) is 4.36. The highest BCUT2D eigenvalue weighted by Crippen LogP contribution is 2.37. The molecule has 0 saturated heterocycles. The van der Waals surface area contributed by atoms with Crippen molar-refractivity contribution in [2.75, 3.05) is 0 Å². The molecule has 8 aromatic rings. The van der Waals surface area contributed by atoms with E-state index < -0.39 is 0 Å². The van der Waals surface area contributed by atoms with Crippen LogP contribution in [-0.4, -0.2) is 14.1 Å². The number of rotatable bonds is 6. The van der Waals surface area contributed by atoms with Gasteiger partial charge >= 0.3 is 0 Å². The van der Waals surface area contributed by atoms with E-state index in [9.17, 15) is 0 Å². The van der Waals surface area contributed by atoms with E-state index in [-0.39, 0.29) is 0 Å². The number of pyridine rings is 1. The molecule has 0 fully saturated rings. The van der Waals surface area contributed by atoms with Gasteiger partial charge in [-0.2, -0.15) is 0 Å². The third-order valence-electron chi connectivity index (χ3n) is 8.35. The van der Waals surface area contributed by atoms with Crippen LogP contribution in [0.25, 0.3) is 60.9 Å². The minimum atomic E-state index is 0.733. The van der Waals surface area contributed by atoms with Crippen LogP contribution in [0.5, 0.6) is 0 Å². The second-order valence-electron chi connectivity index (χ2n) is 11.1. The van der Waals surface area contributed by atoms with Gasteiger partial charge in [0.1, 0.15) is 5.65 Å². The molecular formula is C40H30N4. The molecule has 0 saturated carbocycles. The van der Waals surface area contributed by atoms with Crippen molar-refractivity contribution in [1.82, 2.24) is 14.1 Å².